The maximum atomic E-state index is 14.8. The van der Waals surface area contributed by atoms with Crippen LogP contribution in [0.5, 0.6) is 11.5 Å². The van der Waals surface area contributed by atoms with Crippen molar-refractivity contribution in [2.75, 3.05) is 32.8 Å². The number of nitrogens with one attached hydrogen (secondary N) is 1. The highest BCUT2D eigenvalue weighted by Crippen LogP contribution is 2.38. The van der Waals surface area contributed by atoms with Crippen LogP contribution in [0.25, 0.3) is 11.0 Å². The van der Waals surface area contributed by atoms with Crippen LogP contribution < -0.4 is 20.3 Å². The fourth-order valence-corrected chi connectivity index (χ4v) is 5.55. The van der Waals surface area contributed by atoms with E-state index in [9.17, 15) is 14.3 Å². The number of rotatable bonds is 5. The predicted octanol–water partition coefficient (Wildman–Crippen LogP) is 1.81. The summed E-state index contributed by atoms with van der Waals surface area (Å²) >= 11 is 6.06. The van der Waals surface area contributed by atoms with Gasteiger partial charge in [-0.05, 0) is 32.0 Å². The number of hydrogen-bond acceptors (Lipinski definition) is 8. The van der Waals surface area contributed by atoms with Crippen molar-refractivity contribution >= 4 is 22.6 Å². The lowest BCUT2D eigenvalue weighted by molar-refractivity contribution is -0.0159. The summed E-state index contributed by atoms with van der Waals surface area (Å²) in [7, 11) is 0. The SMILES string of the molecule is O=c1c(Cl)cc2ncc(F)c3c2n1C[C@]3(O)CN1CCC(NCc2cc3c(cn2)OCCO3)CC1. The first-order chi connectivity index (χ1) is 16.9. The van der Waals surface area contributed by atoms with Gasteiger partial charge in [0.15, 0.2) is 11.5 Å². The second kappa shape index (κ2) is 8.70. The van der Waals surface area contributed by atoms with Gasteiger partial charge in [-0.25, -0.2) is 4.39 Å². The van der Waals surface area contributed by atoms with Gasteiger partial charge in [0.1, 0.15) is 29.7 Å². The van der Waals surface area contributed by atoms with Crippen LogP contribution in [0.1, 0.15) is 24.1 Å². The molecule has 1 fully saturated rings. The zero-order chi connectivity index (χ0) is 24.2. The third-order valence-electron chi connectivity index (χ3n) is 7.03. The van der Waals surface area contributed by atoms with Crippen molar-refractivity contribution in [3.05, 3.63) is 57.0 Å². The Morgan fingerprint density at radius 2 is 1.94 bits per heavy atom. The lowest BCUT2D eigenvalue weighted by atomic mass is 9.93. The van der Waals surface area contributed by atoms with Crippen LogP contribution in [0.2, 0.25) is 5.02 Å². The third-order valence-corrected chi connectivity index (χ3v) is 7.31. The number of pyridine rings is 3. The Balaban J connectivity index is 1.10. The summed E-state index contributed by atoms with van der Waals surface area (Å²) in [5, 5.41) is 15.1. The molecule has 0 saturated carbocycles. The van der Waals surface area contributed by atoms with E-state index in [1.807, 2.05) is 6.07 Å². The van der Waals surface area contributed by atoms with Gasteiger partial charge in [0.2, 0.25) is 0 Å². The number of nitrogens with zero attached hydrogens (tertiary/aromatic N) is 4. The zero-order valence-electron chi connectivity index (χ0n) is 19.0. The Labute approximate surface area is 205 Å². The number of ether oxygens (including phenoxy) is 2. The molecule has 3 aliphatic heterocycles. The van der Waals surface area contributed by atoms with Crippen molar-refractivity contribution in [1.82, 2.24) is 24.8 Å². The highest BCUT2D eigenvalue weighted by atomic mass is 35.5. The van der Waals surface area contributed by atoms with Gasteiger partial charge in [-0.2, -0.15) is 0 Å². The number of fused-ring (bicyclic) bond motifs is 1. The molecular formula is C24H25ClFN5O4. The fraction of sp³-hybridized carbons (Fsp3) is 0.458. The summed E-state index contributed by atoms with van der Waals surface area (Å²) in [6, 6.07) is 3.63. The van der Waals surface area contributed by atoms with E-state index in [2.05, 4.69) is 20.2 Å². The second-order valence-corrected chi connectivity index (χ2v) is 9.79. The van der Waals surface area contributed by atoms with Crippen LogP contribution in [-0.4, -0.2) is 63.4 Å². The van der Waals surface area contributed by atoms with Crippen molar-refractivity contribution < 1.29 is 19.0 Å². The van der Waals surface area contributed by atoms with Crippen molar-refractivity contribution in [2.24, 2.45) is 0 Å². The quantitative estimate of drug-likeness (QED) is 0.546. The molecule has 9 nitrogen and oxygen atoms in total. The van der Waals surface area contributed by atoms with Crippen LogP contribution in [-0.2, 0) is 18.7 Å². The molecule has 11 heteroatoms. The van der Waals surface area contributed by atoms with Gasteiger partial charge in [-0.1, -0.05) is 11.6 Å². The molecule has 2 N–H and O–H groups in total. The maximum absolute atomic E-state index is 14.8. The first-order valence-electron chi connectivity index (χ1n) is 11.7. The third kappa shape index (κ3) is 4.04. The molecule has 0 radical (unpaired) electrons. The lowest BCUT2D eigenvalue weighted by Crippen LogP contribution is -2.48. The van der Waals surface area contributed by atoms with Crippen LogP contribution in [0, 0.1) is 5.82 Å². The minimum absolute atomic E-state index is 0.00574. The van der Waals surface area contributed by atoms with E-state index < -0.39 is 17.0 Å². The number of aliphatic hydroxyl groups is 1. The molecule has 0 bridgehead atoms. The normalized spacial score (nSPS) is 22.1. The first kappa shape index (κ1) is 22.7. The van der Waals surface area contributed by atoms with E-state index in [0.29, 0.717) is 42.6 Å². The number of β-amino-alcohol motifs (C(OH)–C–C–N with tert-alkyl or cyclic N) is 1. The molecule has 1 atom stereocenters. The van der Waals surface area contributed by atoms with E-state index in [0.717, 1.165) is 43.6 Å². The molecule has 0 aliphatic carbocycles. The van der Waals surface area contributed by atoms with E-state index in [-0.39, 0.29) is 23.7 Å². The number of likely N-dealkylation sites (tertiary alicyclic amines) is 1. The average Bonchev–Trinajstić information content (AvgIpc) is 3.18. The molecule has 1 saturated heterocycles. The largest absolute Gasteiger partial charge is 0.486 e. The van der Waals surface area contributed by atoms with Crippen LogP contribution in [0.3, 0.4) is 0 Å². The predicted molar refractivity (Wildman–Crippen MR) is 126 cm³/mol. The summed E-state index contributed by atoms with van der Waals surface area (Å²) in [5.74, 6) is 0.783. The Morgan fingerprint density at radius 1 is 1.17 bits per heavy atom. The van der Waals surface area contributed by atoms with Crippen LogP contribution in [0.15, 0.2) is 29.3 Å². The molecule has 0 spiro atoms. The Hall–Kier alpha value is -2.79. The fourth-order valence-electron chi connectivity index (χ4n) is 5.35. The minimum Gasteiger partial charge on any atom is -0.486 e. The molecule has 6 rings (SSSR count). The van der Waals surface area contributed by atoms with Gasteiger partial charge in [-0.3, -0.25) is 19.7 Å². The number of halogens is 2. The lowest BCUT2D eigenvalue weighted by Gasteiger charge is -2.37. The summed E-state index contributed by atoms with van der Waals surface area (Å²) in [4.78, 5) is 23.2. The van der Waals surface area contributed by atoms with E-state index in [4.69, 9.17) is 21.1 Å². The summed E-state index contributed by atoms with van der Waals surface area (Å²) in [6.45, 7) is 3.33. The standard InChI is InChI=1S/C24H25ClFN5O4/c25-16-8-18-22-21(17(26)10-29-18)24(33,13-31(22)23(16)32)12-30-3-1-14(2-4-30)27-9-15-7-19-20(11-28-15)35-6-5-34-19/h7-8,10-11,14,27,33H,1-6,9,12-13H2/t24-/m1/s1. The Kier molecular flexibility index (Phi) is 5.63. The zero-order valence-corrected chi connectivity index (χ0v) is 19.7. The van der Waals surface area contributed by atoms with E-state index >= 15 is 0 Å². The molecule has 35 heavy (non-hydrogen) atoms. The van der Waals surface area contributed by atoms with E-state index in [1.54, 1.807) is 6.20 Å². The van der Waals surface area contributed by atoms with Gasteiger partial charge < -0.3 is 24.5 Å². The van der Waals surface area contributed by atoms with Gasteiger partial charge in [-0.15, -0.1) is 0 Å². The topological polar surface area (TPSA) is 102 Å². The van der Waals surface area contributed by atoms with Crippen molar-refractivity contribution in [1.29, 1.82) is 0 Å². The minimum atomic E-state index is -1.53. The molecule has 184 valence electrons. The monoisotopic (exact) mass is 501 g/mol. The average molecular weight is 502 g/mol. The molecule has 3 aromatic rings. The van der Waals surface area contributed by atoms with Crippen molar-refractivity contribution in [3.8, 4) is 11.5 Å². The van der Waals surface area contributed by atoms with Gasteiger partial charge in [0.25, 0.3) is 5.56 Å². The maximum Gasteiger partial charge on any atom is 0.270 e. The summed E-state index contributed by atoms with van der Waals surface area (Å²) in [6.07, 6.45) is 4.52. The Bertz CT molecular complexity index is 1360. The smallest absolute Gasteiger partial charge is 0.270 e. The van der Waals surface area contributed by atoms with Gasteiger partial charge >= 0.3 is 0 Å². The number of hydrogen-bond donors (Lipinski definition) is 2. The molecule has 0 aromatic carbocycles. The molecule has 0 amide bonds. The molecule has 3 aliphatic rings. The van der Waals surface area contributed by atoms with Gasteiger partial charge in [0.05, 0.1) is 41.2 Å². The highest BCUT2D eigenvalue weighted by molar-refractivity contribution is 6.31. The van der Waals surface area contributed by atoms with Crippen molar-refractivity contribution in [2.45, 2.75) is 37.6 Å². The number of piperidine rings is 1. The Morgan fingerprint density at radius 3 is 2.74 bits per heavy atom. The van der Waals surface area contributed by atoms with E-state index in [1.165, 1.54) is 10.6 Å². The first-order valence-corrected chi connectivity index (χ1v) is 12.1. The van der Waals surface area contributed by atoms with Crippen LogP contribution in [0.4, 0.5) is 4.39 Å². The highest BCUT2D eigenvalue weighted by Gasteiger charge is 2.43. The summed E-state index contributed by atoms with van der Waals surface area (Å²) in [5.41, 5.74) is -0.239. The molecule has 3 aromatic heterocycles. The van der Waals surface area contributed by atoms with Gasteiger partial charge in [0, 0.05) is 25.2 Å². The van der Waals surface area contributed by atoms with Crippen LogP contribution >= 0.6 is 11.6 Å². The van der Waals surface area contributed by atoms with Crippen molar-refractivity contribution in [3.63, 3.8) is 0 Å². The molecule has 6 heterocycles. The molecular weight excluding hydrogens is 477 g/mol. The summed E-state index contributed by atoms with van der Waals surface area (Å²) < 4.78 is 27.3. The second-order valence-electron chi connectivity index (χ2n) is 9.38. The number of aromatic nitrogens is 3. The molecule has 0 unspecified atom stereocenters.